The SMILES string of the molecule is C1=CCC(C2=C(C3=CC4=C(CC3)C3=CC=C(C5=C(C6C=CC=CC6)C=CCC5C5=CCCC=C5)CC3C3C=CC=CC43)C(C3=CCCC=C3)CC=C2)C=C1. The lowest BCUT2D eigenvalue weighted by Gasteiger charge is -2.45. The number of hydrogen-bond donors (Lipinski definition) is 0. The van der Waals surface area contributed by atoms with Crippen molar-refractivity contribution in [3.05, 3.63) is 213 Å². The molecule has 270 valence electrons. The van der Waals surface area contributed by atoms with E-state index < -0.39 is 0 Å². The molecule has 0 bridgehead atoms. The quantitative estimate of drug-likeness (QED) is 0.258. The maximum atomic E-state index is 2.71. The molecular formula is C54H54. The highest BCUT2D eigenvalue weighted by molar-refractivity contribution is 5.63. The van der Waals surface area contributed by atoms with Crippen LogP contribution in [-0.4, -0.2) is 0 Å². The molecule has 0 saturated heterocycles. The molecule has 10 aliphatic carbocycles. The van der Waals surface area contributed by atoms with Crippen molar-refractivity contribution < 1.29 is 0 Å². The van der Waals surface area contributed by atoms with Crippen LogP contribution in [0.15, 0.2) is 213 Å². The Balaban J connectivity index is 1.08. The topological polar surface area (TPSA) is 0 Å². The first-order chi connectivity index (χ1) is 26.8. The van der Waals surface area contributed by atoms with Crippen molar-refractivity contribution in [3.8, 4) is 0 Å². The van der Waals surface area contributed by atoms with E-state index in [1.165, 1.54) is 30.4 Å². The molecule has 7 unspecified atom stereocenters. The summed E-state index contributed by atoms with van der Waals surface area (Å²) in [5.41, 5.74) is 17.5. The molecule has 0 radical (unpaired) electrons. The molecule has 7 atom stereocenters. The van der Waals surface area contributed by atoms with Crippen LogP contribution in [0.4, 0.5) is 0 Å². The second kappa shape index (κ2) is 14.9. The van der Waals surface area contributed by atoms with Gasteiger partial charge < -0.3 is 0 Å². The molecule has 0 heteroatoms. The normalized spacial score (nSPS) is 33.6. The van der Waals surface area contributed by atoms with Gasteiger partial charge in [-0.3, -0.25) is 0 Å². The number of fused-ring (bicyclic) bond motifs is 5. The zero-order chi connectivity index (χ0) is 35.8. The molecule has 0 saturated carbocycles. The molecule has 0 aromatic carbocycles. The molecule has 10 rings (SSSR count). The van der Waals surface area contributed by atoms with Crippen LogP contribution in [0.3, 0.4) is 0 Å². The summed E-state index contributed by atoms with van der Waals surface area (Å²) in [6.07, 6.45) is 73.4. The number of rotatable bonds is 6. The highest BCUT2D eigenvalue weighted by Gasteiger charge is 2.43. The zero-order valence-electron chi connectivity index (χ0n) is 31.8. The molecule has 0 aromatic heterocycles. The Morgan fingerprint density at radius 3 is 1.72 bits per heavy atom. The predicted octanol–water partition coefficient (Wildman–Crippen LogP) is 13.8. The van der Waals surface area contributed by atoms with Crippen molar-refractivity contribution in [2.24, 2.45) is 41.4 Å². The third kappa shape index (κ3) is 6.17. The van der Waals surface area contributed by atoms with Gasteiger partial charge in [-0.05, 0) is 144 Å². The van der Waals surface area contributed by atoms with Crippen molar-refractivity contribution in [2.45, 2.75) is 70.6 Å². The average molecular weight is 703 g/mol. The summed E-state index contributed by atoms with van der Waals surface area (Å²) in [5, 5.41) is 0. The van der Waals surface area contributed by atoms with Crippen LogP contribution in [0.25, 0.3) is 0 Å². The smallest absolute Gasteiger partial charge is 0.0126 e. The standard InChI is InChI=1S/C54H54/c1-5-17-37(18-6-1)43-27-15-28-44(38-19-7-2-8-20-38)53(43)41-31-33-49-50-34-32-42(36-52(50)48-26-14-13-25-47(48)51(49)35-41)54-45(39-21-9-3-10-22-39)29-16-30-46(54)40-23-11-4-12-24-40/h1,3,5-7,9-11,13-17,19-21,23-27,29,31,33,36-37,39,44,46-48,51H,2,4,8,12,18,22,28,30,32,34-35H2. The Kier molecular flexibility index (Phi) is 9.32. The van der Waals surface area contributed by atoms with Crippen LogP contribution < -0.4 is 0 Å². The number of hydrogen-bond acceptors (Lipinski definition) is 0. The van der Waals surface area contributed by atoms with Gasteiger partial charge in [0.05, 0.1) is 0 Å². The predicted molar refractivity (Wildman–Crippen MR) is 228 cm³/mol. The minimum atomic E-state index is 0.431. The Morgan fingerprint density at radius 1 is 0.481 bits per heavy atom. The van der Waals surface area contributed by atoms with Gasteiger partial charge in [0.2, 0.25) is 0 Å². The van der Waals surface area contributed by atoms with Gasteiger partial charge >= 0.3 is 0 Å². The average Bonchev–Trinajstić information content (AvgIpc) is 3.27. The highest BCUT2D eigenvalue weighted by atomic mass is 14.5. The van der Waals surface area contributed by atoms with E-state index in [-0.39, 0.29) is 0 Å². The molecule has 0 N–H and O–H groups in total. The third-order valence-corrected chi connectivity index (χ3v) is 13.9. The first kappa shape index (κ1) is 33.9. The molecule has 0 fully saturated rings. The fourth-order valence-corrected chi connectivity index (χ4v) is 11.4. The molecule has 0 nitrogen and oxygen atoms in total. The first-order valence-electron chi connectivity index (χ1n) is 21.2. The van der Waals surface area contributed by atoms with Crippen molar-refractivity contribution in [1.82, 2.24) is 0 Å². The van der Waals surface area contributed by atoms with E-state index in [0.29, 0.717) is 41.4 Å². The molecule has 0 aromatic rings. The highest BCUT2D eigenvalue weighted by Crippen LogP contribution is 2.56. The maximum absolute atomic E-state index is 2.71. The summed E-state index contributed by atoms with van der Waals surface area (Å²) in [5.74, 6) is 3.23. The molecule has 54 heavy (non-hydrogen) atoms. The summed E-state index contributed by atoms with van der Waals surface area (Å²) in [7, 11) is 0. The van der Waals surface area contributed by atoms with Gasteiger partial charge in [-0.2, -0.15) is 0 Å². The molecule has 0 spiro atoms. The van der Waals surface area contributed by atoms with Crippen LogP contribution in [0.1, 0.15) is 70.6 Å². The minimum absolute atomic E-state index is 0.431. The van der Waals surface area contributed by atoms with Crippen LogP contribution >= 0.6 is 0 Å². The molecule has 10 aliphatic rings. The van der Waals surface area contributed by atoms with Gasteiger partial charge in [0.1, 0.15) is 0 Å². The van der Waals surface area contributed by atoms with E-state index >= 15 is 0 Å². The van der Waals surface area contributed by atoms with Crippen LogP contribution in [0.2, 0.25) is 0 Å². The summed E-state index contributed by atoms with van der Waals surface area (Å²) < 4.78 is 0. The van der Waals surface area contributed by atoms with Crippen molar-refractivity contribution >= 4 is 0 Å². The largest absolute Gasteiger partial charge is 0.0839 e. The van der Waals surface area contributed by atoms with Gasteiger partial charge in [0.25, 0.3) is 0 Å². The van der Waals surface area contributed by atoms with Crippen molar-refractivity contribution in [1.29, 1.82) is 0 Å². The van der Waals surface area contributed by atoms with Crippen LogP contribution in [0.5, 0.6) is 0 Å². The molecule has 0 heterocycles. The second-order valence-corrected chi connectivity index (χ2v) is 16.9. The van der Waals surface area contributed by atoms with E-state index in [0.717, 1.165) is 51.4 Å². The molecule has 0 aliphatic heterocycles. The molecule has 0 amide bonds. The van der Waals surface area contributed by atoms with Gasteiger partial charge in [0, 0.05) is 29.6 Å². The first-order valence-corrected chi connectivity index (χ1v) is 21.2. The van der Waals surface area contributed by atoms with Gasteiger partial charge in [-0.1, -0.05) is 152 Å². The van der Waals surface area contributed by atoms with Crippen LogP contribution in [0, 0.1) is 41.4 Å². The van der Waals surface area contributed by atoms with Crippen molar-refractivity contribution in [3.63, 3.8) is 0 Å². The molecular weight excluding hydrogens is 649 g/mol. The van der Waals surface area contributed by atoms with E-state index in [9.17, 15) is 0 Å². The Morgan fingerprint density at radius 2 is 1.11 bits per heavy atom. The lowest BCUT2D eigenvalue weighted by molar-refractivity contribution is 0.363. The van der Waals surface area contributed by atoms with Crippen LogP contribution in [-0.2, 0) is 0 Å². The Hall–Kier alpha value is -4.68. The zero-order valence-corrected chi connectivity index (χ0v) is 31.8. The second-order valence-electron chi connectivity index (χ2n) is 16.9. The Labute approximate surface area is 324 Å². The van der Waals surface area contributed by atoms with E-state index in [1.807, 2.05) is 0 Å². The number of allylic oxidation sites excluding steroid dienone is 36. The van der Waals surface area contributed by atoms with E-state index in [2.05, 4.69) is 152 Å². The summed E-state index contributed by atoms with van der Waals surface area (Å²) >= 11 is 0. The third-order valence-electron chi connectivity index (χ3n) is 13.9. The lowest BCUT2D eigenvalue weighted by atomic mass is 9.58. The van der Waals surface area contributed by atoms with E-state index in [4.69, 9.17) is 0 Å². The summed E-state index contributed by atoms with van der Waals surface area (Å²) in [6.45, 7) is 0. The fraction of sp³-hybridized carbons (Fsp3) is 0.333. The lowest BCUT2D eigenvalue weighted by Crippen LogP contribution is -2.34. The monoisotopic (exact) mass is 702 g/mol. The van der Waals surface area contributed by atoms with Gasteiger partial charge in [-0.15, -0.1) is 0 Å². The Bertz CT molecular complexity index is 2160. The van der Waals surface area contributed by atoms with E-state index in [1.54, 1.807) is 50.2 Å². The van der Waals surface area contributed by atoms with Crippen molar-refractivity contribution in [2.75, 3.05) is 0 Å². The van der Waals surface area contributed by atoms with Gasteiger partial charge in [-0.25, -0.2) is 0 Å². The maximum Gasteiger partial charge on any atom is 0.0126 e. The summed E-state index contributed by atoms with van der Waals surface area (Å²) in [4.78, 5) is 0. The van der Waals surface area contributed by atoms with Gasteiger partial charge in [0.15, 0.2) is 0 Å². The fourth-order valence-electron chi connectivity index (χ4n) is 11.4. The summed E-state index contributed by atoms with van der Waals surface area (Å²) in [6, 6.07) is 0. The minimum Gasteiger partial charge on any atom is -0.0839 e.